The molecule has 2 heterocycles. The second kappa shape index (κ2) is 3.46. The van der Waals surface area contributed by atoms with Crippen LogP contribution in [0.2, 0.25) is 0 Å². The molecule has 1 saturated heterocycles. The molecule has 1 N–H and O–H groups in total. The van der Waals surface area contributed by atoms with Gasteiger partial charge in [0.15, 0.2) is 0 Å². The third-order valence-corrected chi connectivity index (χ3v) is 2.62. The molecule has 2 atom stereocenters. The number of pyridine rings is 1. The van der Waals surface area contributed by atoms with E-state index >= 15 is 0 Å². The van der Waals surface area contributed by atoms with Gasteiger partial charge < -0.3 is 5.32 Å². The van der Waals surface area contributed by atoms with Crippen molar-refractivity contribution < 1.29 is 0 Å². The van der Waals surface area contributed by atoms with Crippen molar-refractivity contribution >= 4 is 0 Å². The molecule has 1 fully saturated rings. The lowest BCUT2D eigenvalue weighted by Gasteiger charge is -2.09. The highest BCUT2D eigenvalue weighted by Gasteiger charge is 2.22. The minimum Gasteiger partial charge on any atom is -0.308 e. The predicted octanol–water partition coefficient (Wildman–Crippen LogP) is 2.06. The zero-order valence-corrected chi connectivity index (χ0v) is 8.25. The van der Waals surface area contributed by atoms with E-state index in [2.05, 4.69) is 29.4 Å². The molecule has 0 aliphatic carbocycles. The van der Waals surface area contributed by atoms with Gasteiger partial charge in [-0.15, -0.1) is 0 Å². The molecule has 2 rings (SSSR count). The normalized spacial score (nSPS) is 27.8. The number of nitrogens with one attached hydrogen (secondary N) is 1. The summed E-state index contributed by atoms with van der Waals surface area (Å²) in [5, 5.41) is 3.49. The third kappa shape index (κ3) is 1.89. The van der Waals surface area contributed by atoms with Crippen LogP contribution in [0, 0.1) is 12.8 Å². The fourth-order valence-electron chi connectivity index (χ4n) is 1.90. The molecule has 1 aliphatic rings. The van der Waals surface area contributed by atoms with Crippen LogP contribution >= 0.6 is 0 Å². The van der Waals surface area contributed by atoms with Crippen LogP contribution < -0.4 is 5.32 Å². The highest BCUT2D eigenvalue weighted by Crippen LogP contribution is 2.25. The minimum absolute atomic E-state index is 0.481. The van der Waals surface area contributed by atoms with Crippen molar-refractivity contribution in [1.82, 2.24) is 10.3 Å². The average Bonchev–Trinajstić information content (AvgIpc) is 2.52. The van der Waals surface area contributed by atoms with E-state index in [9.17, 15) is 0 Å². The smallest absolute Gasteiger partial charge is 0.0576 e. The molecular formula is C11H16N2. The van der Waals surface area contributed by atoms with E-state index in [0.29, 0.717) is 6.04 Å². The van der Waals surface area contributed by atoms with Crippen LogP contribution in [0.1, 0.15) is 30.8 Å². The van der Waals surface area contributed by atoms with E-state index in [1.807, 2.05) is 13.0 Å². The number of hydrogen-bond donors (Lipinski definition) is 1. The maximum atomic E-state index is 4.53. The van der Waals surface area contributed by atoms with Crippen molar-refractivity contribution in [3.05, 3.63) is 29.6 Å². The van der Waals surface area contributed by atoms with Crippen LogP contribution in [-0.2, 0) is 0 Å². The lowest BCUT2D eigenvalue weighted by atomic mass is 10.1. The van der Waals surface area contributed by atoms with Crippen LogP contribution in [0.15, 0.2) is 18.2 Å². The van der Waals surface area contributed by atoms with Gasteiger partial charge >= 0.3 is 0 Å². The lowest BCUT2D eigenvalue weighted by Crippen LogP contribution is -2.14. The van der Waals surface area contributed by atoms with Crippen molar-refractivity contribution in [1.29, 1.82) is 0 Å². The Morgan fingerprint density at radius 2 is 2.31 bits per heavy atom. The van der Waals surface area contributed by atoms with Crippen LogP contribution in [0.3, 0.4) is 0 Å². The first-order valence-corrected chi connectivity index (χ1v) is 4.92. The molecule has 0 amide bonds. The lowest BCUT2D eigenvalue weighted by molar-refractivity contribution is 0.598. The Morgan fingerprint density at radius 1 is 1.46 bits per heavy atom. The fraction of sp³-hybridized carbons (Fsp3) is 0.545. The Morgan fingerprint density at radius 3 is 2.92 bits per heavy atom. The van der Waals surface area contributed by atoms with Gasteiger partial charge in [-0.25, -0.2) is 0 Å². The van der Waals surface area contributed by atoms with Crippen molar-refractivity contribution in [3.8, 4) is 0 Å². The zero-order valence-electron chi connectivity index (χ0n) is 8.25. The highest BCUT2D eigenvalue weighted by molar-refractivity contribution is 5.14. The van der Waals surface area contributed by atoms with Gasteiger partial charge in [0.25, 0.3) is 0 Å². The molecule has 0 saturated carbocycles. The molecule has 0 bridgehead atoms. The molecule has 0 aromatic carbocycles. The predicted molar refractivity (Wildman–Crippen MR) is 53.5 cm³/mol. The van der Waals surface area contributed by atoms with E-state index in [0.717, 1.165) is 18.2 Å². The number of aryl methyl sites for hydroxylation is 1. The molecule has 1 aromatic heterocycles. The number of hydrogen-bond acceptors (Lipinski definition) is 2. The molecular weight excluding hydrogens is 160 g/mol. The molecule has 1 aromatic rings. The first-order chi connectivity index (χ1) is 6.25. The summed E-state index contributed by atoms with van der Waals surface area (Å²) in [4.78, 5) is 4.53. The molecule has 0 radical (unpaired) electrons. The van der Waals surface area contributed by atoms with Gasteiger partial charge in [-0.1, -0.05) is 13.0 Å². The summed E-state index contributed by atoms with van der Waals surface area (Å²) in [6.07, 6.45) is 1.22. The molecule has 2 heteroatoms. The molecule has 1 aliphatic heterocycles. The fourth-order valence-corrected chi connectivity index (χ4v) is 1.90. The summed E-state index contributed by atoms with van der Waals surface area (Å²) >= 11 is 0. The van der Waals surface area contributed by atoms with Gasteiger partial charge in [0.2, 0.25) is 0 Å². The van der Waals surface area contributed by atoms with Crippen LogP contribution in [-0.4, -0.2) is 11.5 Å². The average molecular weight is 176 g/mol. The van der Waals surface area contributed by atoms with Gasteiger partial charge in [0, 0.05) is 11.7 Å². The number of aromatic nitrogens is 1. The van der Waals surface area contributed by atoms with Gasteiger partial charge in [-0.05, 0) is 37.9 Å². The summed E-state index contributed by atoms with van der Waals surface area (Å²) in [5.74, 6) is 0.785. The third-order valence-electron chi connectivity index (χ3n) is 2.62. The number of nitrogens with zero attached hydrogens (tertiary/aromatic N) is 1. The molecule has 0 spiro atoms. The van der Waals surface area contributed by atoms with Crippen LogP contribution in [0.25, 0.3) is 0 Å². The summed E-state index contributed by atoms with van der Waals surface area (Å²) in [7, 11) is 0. The largest absolute Gasteiger partial charge is 0.308 e. The minimum atomic E-state index is 0.481. The van der Waals surface area contributed by atoms with Crippen molar-refractivity contribution in [3.63, 3.8) is 0 Å². The maximum absolute atomic E-state index is 4.53. The van der Waals surface area contributed by atoms with Gasteiger partial charge in [-0.3, -0.25) is 4.98 Å². The summed E-state index contributed by atoms with van der Waals surface area (Å²) in [6, 6.07) is 6.72. The summed E-state index contributed by atoms with van der Waals surface area (Å²) in [5.41, 5.74) is 2.31. The van der Waals surface area contributed by atoms with Crippen molar-refractivity contribution in [2.24, 2.45) is 5.92 Å². The van der Waals surface area contributed by atoms with Gasteiger partial charge in [-0.2, -0.15) is 0 Å². The van der Waals surface area contributed by atoms with Crippen molar-refractivity contribution in [2.75, 3.05) is 6.54 Å². The van der Waals surface area contributed by atoms with E-state index in [1.54, 1.807) is 0 Å². The Kier molecular flexibility index (Phi) is 2.32. The second-order valence-corrected chi connectivity index (χ2v) is 4.01. The first kappa shape index (κ1) is 8.70. The quantitative estimate of drug-likeness (QED) is 0.708. The van der Waals surface area contributed by atoms with Crippen LogP contribution in [0.5, 0.6) is 0 Å². The Labute approximate surface area is 79.4 Å². The molecule has 13 heavy (non-hydrogen) atoms. The molecule has 2 nitrogen and oxygen atoms in total. The SMILES string of the molecule is Cc1cccc([C@@H]2C[C@@H](C)CN2)n1. The first-order valence-electron chi connectivity index (χ1n) is 4.92. The van der Waals surface area contributed by atoms with E-state index in [-0.39, 0.29) is 0 Å². The standard InChI is InChI=1S/C11H16N2/c1-8-6-11(12-7-8)10-5-3-4-9(2)13-10/h3-5,8,11-12H,6-7H2,1-2H3/t8-,11+/m1/s1. The highest BCUT2D eigenvalue weighted by atomic mass is 15.0. The van der Waals surface area contributed by atoms with Gasteiger partial charge in [0.1, 0.15) is 0 Å². The molecule has 70 valence electrons. The summed E-state index contributed by atoms with van der Waals surface area (Å²) < 4.78 is 0. The number of rotatable bonds is 1. The summed E-state index contributed by atoms with van der Waals surface area (Å²) in [6.45, 7) is 5.45. The van der Waals surface area contributed by atoms with E-state index in [4.69, 9.17) is 0 Å². The Balaban J connectivity index is 2.16. The van der Waals surface area contributed by atoms with E-state index in [1.165, 1.54) is 12.1 Å². The van der Waals surface area contributed by atoms with E-state index < -0.39 is 0 Å². The topological polar surface area (TPSA) is 24.9 Å². The Bertz CT molecular complexity index is 296. The van der Waals surface area contributed by atoms with Crippen LogP contribution in [0.4, 0.5) is 0 Å². The second-order valence-electron chi connectivity index (χ2n) is 4.01. The van der Waals surface area contributed by atoms with Crippen molar-refractivity contribution in [2.45, 2.75) is 26.3 Å². The Hall–Kier alpha value is -0.890. The molecule has 0 unspecified atom stereocenters. The monoisotopic (exact) mass is 176 g/mol. The maximum Gasteiger partial charge on any atom is 0.0576 e. The zero-order chi connectivity index (χ0) is 9.26. The van der Waals surface area contributed by atoms with Gasteiger partial charge in [0.05, 0.1) is 5.69 Å².